The summed E-state index contributed by atoms with van der Waals surface area (Å²) in [7, 11) is 0. The Morgan fingerprint density at radius 1 is 0.818 bits per heavy atom. The zero-order valence-electron chi connectivity index (χ0n) is 17.3. The quantitative estimate of drug-likeness (QED) is 0.392. The van der Waals surface area contributed by atoms with Crippen molar-refractivity contribution in [1.82, 2.24) is 0 Å². The zero-order valence-corrected chi connectivity index (χ0v) is 17.3. The van der Waals surface area contributed by atoms with Crippen LogP contribution in [0.5, 0.6) is 17.2 Å². The van der Waals surface area contributed by atoms with Crippen LogP contribution >= 0.6 is 0 Å². The summed E-state index contributed by atoms with van der Waals surface area (Å²) in [5, 5.41) is 18.8. The average Bonchev–Trinajstić information content (AvgIpc) is 2.72. The average molecular weight is 470 g/mol. The Morgan fingerprint density at radius 2 is 1.36 bits per heavy atom. The third-order valence-electron chi connectivity index (χ3n) is 4.31. The molecule has 176 valence electrons. The van der Waals surface area contributed by atoms with Crippen molar-refractivity contribution < 1.29 is 41.3 Å². The van der Waals surface area contributed by atoms with Crippen LogP contribution in [0.4, 0.5) is 26.3 Å². The first-order valence-corrected chi connectivity index (χ1v) is 9.42. The number of hydrogen-bond acceptors (Lipinski definition) is 3. The van der Waals surface area contributed by atoms with Gasteiger partial charge < -0.3 is 14.9 Å². The summed E-state index contributed by atoms with van der Waals surface area (Å²) >= 11 is 0. The maximum Gasteiger partial charge on any atom is 0.416 e. The monoisotopic (exact) mass is 470 g/mol. The minimum Gasteiger partial charge on any atom is -0.508 e. The predicted molar refractivity (Wildman–Crippen MR) is 112 cm³/mol. The second-order valence-corrected chi connectivity index (χ2v) is 6.96. The summed E-state index contributed by atoms with van der Waals surface area (Å²) in [4.78, 5) is 0. The number of aromatic hydroxyl groups is 2. The van der Waals surface area contributed by atoms with Crippen molar-refractivity contribution >= 4 is 6.08 Å². The molecule has 0 aliphatic rings. The minimum atomic E-state index is -4.76. The molecule has 0 bridgehead atoms. The Hall–Kier alpha value is -3.62. The van der Waals surface area contributed by atoms with E-state index in [4.69, 9.17) is 4.74 Å². The molecule has 3 nitrogen and oxygen atoms in total. The molecule has 0 aliphatic carbocycles. The Balaban J connectivity index is 0.000000238. The van der Waals surface area contributed by atoms with E-state index in [1.54, 1.807) is 12.1 Å². The number of phenols is 2. The highest BCUT2D eigenvalue weighted by atomic mass is 19.4. The fraction of sp³-hybridized carbons (Fsp3) is 0.167. The predicted octanol–water partition coefficient (Wildman–Crippen LogP) is 7.35. The van der Waals surface area contributed by atoms with E-state index in [1.807, 2.05) is 24.3 Å². The minimum absolute atomic E-state index is 0.0257. The van der Waals surface area contributed by atoms with Crippen LogP contribution in [0.1, 0.15) is 27.8 Å². The fourth-order valence-electron chi connectivity index (χ4n) is 2.65. The van der Waals surface area contributed by atoms with Crippen molar-refractivity contribution in [2.24, 2.45) is 0 Å². The smallest absolute Gasteiger partial charge is 0.416 e. The molecule has 0 fully saturated rings. The number of aryl methyl sites for hydroxylation is 1. The molecule has 0 radical (unpaired) electrons. The van der Waals surface area contributed by atoms with Crippen molar-refractivity contribution in [2.45, 2.75) is 25.9 Å². The van der Waals surface area contributed by atoms with Crippen LogP contribution in [-0.2, 0) is 19.0 Å². The highest BCUT2D eigenvalue weighted by Gasteiger charge is 2.36. The van der Waals surface area contributed by atoms with Crippen molar-refractivity contribution in [2.75, 3.05) is 0 Å². The Labute approximate surface area is 186 Å². The Morgan fingerprint density at radius 3 is 1.82 bits per heavy atom. The molecule has 2 N–H and O–H groups in total. The van der Waals surface area contributed by atoms with Crippen molar-refractivity contribution in [3.05, 3.63) is 95.1 Å². The van der Waals surface area contributed by atoms with Gasteiger partial charge in [0.05, 0.1) is 11.1 Å². The highest BCUT2D eigenvalue weighted by molar-refractivity contribution is 5.48. The first-order valence-electron chi connectivity index (χ1n) is 9.42. The zero-order chi connectivity index (χ0) is 24.8. The highest BCUT2D eigenvalue weighted by Crippen LogP contribution is 2.36. The molecule has 0 aliphatic heterocycles. The normalized spacial score (nSPS) is 11.4. The summed E-state index contributed by atoms with van der Waals surface area (Å²) in [6.07, 6.45) is -7.76. The van der Waals surface area contributed by atoms with Crippen LogP contribution in [-0.4, -0.2) is 10.2 Å². The molecular formula is C24H20F6O3. The lowest BCUT2D eigenvalue weighted by Crippen LogP contribution is -2.11. The van der Waals surface area contributed by atoms with Gasteiger partial charge in [-0.15, -0.1) is 0 Å². The van der Waals surface area contributed by atoms with E-state index in [-0.39, 0.29) is 29.7 Å². The first kappa shape index (κ1) is 25.6. The van der Waals surface area contributed by atoms with E-state index < -0.39 is 23.5 Å². The van der Waals surface area contributed by atoms with Gasteiger partial charge in [0.25, 0.3) is 0 Å². The van der Waals surface area contributed by atoms with E-state index in [9.17, 15) is 36.6 Å². The number of benzene rings is 3. The van der Waals surface area contributed by atoms with Crippen molar-refractivity contribution in [1.29, 1.82) is 0 Å². The molecule has 3 aromatic rings. The summed E-state index contributed by atoms with van der Waals surface area (Å²) in [5.74, 6) is 0.775. The van der Waals surface area contributed by atoms with Gasteiger partial charge in [0.1, 0.15) is 23.9 Å². The van der Waals surface area contributed by atoms with E-state index in [2.05, 4.69) is 6.58 Å². The van der Waals surface area contributed by atoms with Gasteiger partial charge in [-0.1, -0.05) is 24.8 Å². The lowest BCUT2D eigenvalue weighted by atomic mass is 10.1. The molecule has 0 aromatic heterocycles. The third-order valence-corrected chi connectivity index (χ3v) is 4.31. The molecule has 0 amide bonds. The molecule has 0 spiro atoms. The first-order chi connectivity index (χ1) is 15.3. The van der Waals surface area contributed by atoms with Crippen molar-refractivity contribution in [3.63, 3.8) is 0 Å². The fourth-order valence-corrected chi connectivity index (χ4v) is 2.65. The second kappa shape index (κ2) is 10.3. The van der Waals surface area contributed by atoms with E-state index >= 15 is 0 Å². The van der Waals surface area contributed by atoms with Gasteiger partial charge in [-0.3, -0.25) is 0 Å². The molecular weight excluding hydrogens is 450 g/mol. The maximum absolute atomic E-state index is 12.2. The molecule has 0 saturated carbocycles. The van der Waals surface area contributed by atoms with Gasteiger partial charge in [0.2, 0.25) is 0 Å². The van der Waals surface area contributed by atoms with Gasteiger partial charge in [-0.25, -0.2) is 0 Å². The van der Waals surface area contributed by atoms with Crippen LogP contribution in [0.2, 0.25) is 0 Å². The van der Waals surface area contributed by atoms with Gasteiger partial charge in [0, 0.05) is 11.6 Å². The Kier molecular flexibility index (Phi) is 8.03. The molecule has 33 heavy (non-hydrogen) atoms. The standard InChI is InChI=1S/C15H14O3.C9H6F6/c1-2-11-3-7-14(8-4-11)18-10-12-5-6-13(16)9-15(12)17;1-5-2-6(8(10,11)12)4-7(3-5)9(13,14)15/h2-9,16-17H,1,10H2;2-4H,1H3. The number of alkyl halides is 6. The lowest BCUT2D eigenvalue weighted by Gasteiger charge is -2.12. The topological polar surface area (TPSA) is 49.7 Å². The molecule has 3 aromatic carbocycles. The SMILES string of the molecule is C=Cc1ccc(OCc2ccc(O)cc2O)cc1.Cc1cc(C(F)(F)F)cc(C(F)(F)F)c1. The second-order valence-electron chi connectivity index (χ2n) is 6.96. The van der Waals surface area contributed by atoms with Crippen LogP contribution in [0.3, 0.4) is 0 Å². The molecule has 0 heterocycles. The van der Waals surface area contributed by atoms with Gasteiger partial charge in [-0.05, 0) is 60.5 Å². The van der Waals surface area contributed by atoms with Crippen LogP contribution < -0.4 is 4.74 Å². The van der Waals surface area contributed by atoms with Crippen molar-refractivity contribution in [3.8, 4) is 17.2 Å². The molecule has 0 saturated heterocycles. The van der Waals surface area contributed by atoms with Gasteiger partial charge in [0.15, 0.2) is 0 Å². The van der Waals surface area contributed by atoms with E-state index in [0.717, 1.165) is 5.56 Å². The van der Waals surface area contributed by atoms with Crippen LogP contribution in [0.25, 0.3) is 6.08 Å². The molecule has 0 atom stereocenters. The molecule has 9 heteroatoms. The van der Waals surface area contributed by atoms with E-state index in [1.165, 1.54) is 19.1 Å². The molecule has 0 unspecified atom stereocenters. The third kappa shape index (κ3) is 7.78. The maximum atomic E-state index is 12.2. The summed E-state index contributed by atoms with van der Waals surface area (Å²) in [6, 6.07) is 13.4. The summed E-state index contributed by atoms with van der Waals surface area (Å²) in [6.45, 7) is 5.11. The summed E-state index contributed by atoms with van der Waals surface area (Å²) < 4.78 is 78.5. The lowest BCUT2D eigenvalue weighted by molar-refractivity contribution is -0.143. The number of hydrogen-bond donors (Lipinski definition) is 2. The Bertz CT molecular complexity index is 1050. The largest absolute Gasteiger partial charge is 0.508 e. The van der Waals surface area contributed by atoms with E-state index in [0.29, 0.717) is 23.4 Å². The number of halogens is 6. The number of rotatable bonds is 4. The number of ether oxygens (including phenoxy) is 1. The molecule has 3 rings (SSSR count). The van der Waals surface area contributed by atoms with Crippen LogP contribution in [0.15, 0.2) is 67.2 Å². The number of phenolic OH excluding ortho intramolecular Hbond substituents is 2. The van der Waals surface area contributed by atoms with Crippen LogP contribution in [0, 0.1) is 6.92 Å². The van der Waals surface area contributed by atoms with Gasteiger partial charge in [-0.2, -0.15) is 26.3 Å². The summed E-state index contributed by atoms with van der Waals surface area (Å²) in [5.41, 5.74) is -0.989. The van der Waals surface area contributed by atoms with Gasteiger partial charge >= 0.3 is 12.4 Å².